The van der Waals surface area contributed by atoms with Crippen LogP contribution in [0.1, 0.15) is 196 Å². The number of nitrogens with one attached hydrogen (secondary N) is 1. The number of hydrazone groups is 1. The number of amides is 1. The quantitative estimate of drug-likeness (QED) is 0.0219. The maximum atomic E-state index is 12.3. The van der Waals surface area contributed by atoms with Crippen molar-refractivity contribution < 1.29 is 52.5 Å². The van der Waals surface area contributed by atoms with Gasteiger partial charge in [-0.25, -0.2) is 14.4 Å². The highest BCUT2D eigenvalue weighted by Gasteiger charge is 2.48. The van der Waals surface area contributed by atoms with Crippen molar-refractivity contribution in [1.29, 1.82) is 0 Å². The monoisotopic (exact) mass is 1390 g/mol. The molecule has 0 spiro atoms. The van der Waals surface area contributed by atoms with Crippen molar-refractivity contribution in [3.05, 3.63) is 212 Å². The molecular weight excluding hydrogens is 1290 g/mol. The highest BCUT2D eigenvalue weighted by molar-refractivity contribution is 5.94. The van der Waals surface area contributed by atoms with E-state index in [1.165, 1.54) is 93.7 Å². The number of methoxy groups -OCH3 is 3. The van der Waals surface area contributed by atoms with Crippen molar-refractivity contribution >= 4 is 29.4 Å². The van der Waals surface area contributed by atoms with E-state index in [1.807, 2.05) is 80.2 Å². The van der Waals surface area contributed by atoms with Crippen molar-refractivity contribution in [3.8, 4) is 39.9 Å². The van der Waals surface area contributed by atoms with Gasteiger partial charge in [-0.2, -0.15) is 10.2 Å². The van der Waals surface area contributed by atoms with Gasteiger partial charge in [0.2, 0.25) is 0 Å². The lowest BCUT2D eigenvalue weighted by molar-refractivity contribution is -0.384. The van der Waals surface area contributed by atoms with Crippen molar-refractivity contribution in [2.75, 3.05) is 54.7 Å². The summed E-state index contributed by atoms with van der Waals surface area (Å²) in [5, 5.41) is 20.2. The van der Waals surface area contributed by atoms with Gasteiger partial charge in [0.15, 0.2) is 23.0 Å². The zero-order chi connectivity index (χ0) is 72.7. The molecule has 542 valence electrons. The highest BCUT2D eigenvalue weighted by atomic mass is 16.6. The molecular formula is C82H102N8O12. The molecule has 1 N–H and O–H groups in total. The van der Waals surface area contributed by atoms with Gasteiger partial charge in [-0.3, -0.25) is 19.8 Å². The minimum Gasteiger partial charge on any atom is -0.493 e. The van der Waals surface area contributed by atoms with Crippen LogP contribution in [0.3, 0.4) is 0 Å². The molecule has 3 saturated carbocycles. The first-order valence-electron chi connectivity index (χ1n) is 36.1. The molecule has 0 radical (unpaired) electrons. The zero-order valence-electron chi connectivity index (χ0n) is 61.3. The summed E-state index contributed by atoms with van der Waals surface area (Å²) in [5.74, 6) is 2.87. The van der Waals surface area contributed by atoms with Gasteiger partial charge < -0.3 is 48.1 Å². The maximum Gasteiger partial charge on any atom is 0.409 e. The zero-order valence-corrected chi connectivity index (χ0v) is 61.3. The third kappa shape index (κ3) is 19.0. The van der Waals surface area contributed by atoms with Gasteiger partial charge in [0, 0.05) is 73.3 Å². The van der Waals surface area contributed by atoms with Crippen LogP contribution < -0.4 is 24.4 Å². The predicted molar refractivity (Wildman–Crippen MR) is 398 cm³/mol. The second-order valence-corrected chi connectivity index (χ2v) is 26.6. The number of rotatable bonds is 22. The minimum atomic E-state index is -0.434. The highest BCUT2D eigenvalue weighted by Crippen LogP contribution is 2.47. The third-order valence-electron chi connectivity index (χ3n) is 20.0. The summed E-state index contributed by atoms with van der Waals surface area (Å²) in [6, 6.07) is 45.5. The van der Waals surface area contributed by atoms with Gasteiger partial charge >= 0.3 is 18.0 Å². The summed E-state index contributed by atoms with van der Waals surface area (Å²) in [6.07, 6.45) is 21.3. The number of hydrogen-bond donors (Lipinski definition) is 1. The Balaban J connectivity index is 0.000000160. The van der Waals surface area contributed by atoms with Crippen LogP contribution in [0.2, 0.25) is 0 Å². The summed E-state index contributed by atoms with van der Waals surface area (Å²) < 4.78 is 43.0. The Kier molecular flexibility index (Phi) is 27.7. The molecule has 2 unspecified atom stereocenters. The van der Waals surface area contributed by atoms with E-state index in [9.17, 15) is 24.5 Å². The first-order chi connectivity index (χ1) is 49.5. The van der Waals surface area contributed by atoms with Crippen molar-refractivity contribution in [1.82, 2.24) is 29.7 Å². The number of carbonyl (C=O) groups is 3. The van der Waals surface area contributed by atoms with E-state index in [2.05, 4.69) is 106 Å². The lowest BCUT2D eigenvalue weighted by Gasteiger charge is -2.31. The summed E-state index contributed by atoms with van der Waals surface area (Å²) >= 11 is 0. The van der Waals surface area contributed by atoms with Gasteiger partial charge in [-0.15, -0.1) is 0 Å². The molecule has 3 atom stereocenters. The lowest BCUT2D eigenvalue weighted by Crippen LogP contribution is -2.36. The molecule has 5 aromatic carbocycles. The SMILES string of the molecule is CCOC(=O)c1c(C)nn(C2CCCCC2)c1CC.CCOC(=O)c1cc(-c2ccccc2)n(-c2cccc([N+](=O)[O-])c2)c1C.CN/N=C(\C)[C@@]1(C)CN(C(=O)OC)CC1c1ccc(OC)c(OC2CCCC2)c1.COc1ccc(C(Cc2ccncc2)c2ccccc2)cc1OC1CCCC1. The number of pyridine rings is 1. The average Bonchev–Trinajstić information content (AvgIpc) is 1.61. The van der Waals surface area contributed by atoms with Crippen LogP contribution in [0.25, 0.3) is 16.9 Å². The van der Waals surface area contributed by atoms with Crippen molar-refractivity contribution in [2.24, 2.45) is 10.5 Å². The molecule has 1 amide bonds. The fraction of sp³-hybridized carbons (Fsp3) is 0.439. The van der Waals surface area contributed by atoms with Crippen LogP contribution in [0.15, 0.2) is 157 Å². The number of aromatic nitrogens is 4. The maximum absolute atomic E-state index is 12.3. The normalized spacial score (nSPS) is 17.1. The van der Waals surface area contributed by atoms with Gasteiger partial charge in [-0.05, 0) is 188 Å². The Hall–Kier alpha value is -9.98. The topological polar surface area (TPSA) is 222 Å². The van der Waals surface area contributed by atoms with Gasteiger partial charge in [0.1, 0.15) is 5.56 Å². The molecule has 4 heterocycles. The Morgan fingerprint density at radius 2 is 1.28 bits per heavy atom. The molecule has 3 aliphatic carbocycles. The Morgan fingerprint density at radius 3 is 1.87 bits per heavy atom. The molecule has 3 aromatic heterocycles. The Morgan fingerprint density at radius 1 is 0.686 bits per heavy atom. The summed E-state index contributed by atoms with van der Waals surface area (Å²) in [5.41, 5.74) is 14.4. The van der Waals surface area contributed by atoms with E-state index in [4.69, 9.17) is 33.2 Å². The average molecular weight is 1390 g/mol. The Bertz CT molecular complexity index is 4070. The number of esters is 2. The summed E-state index contributed by atoms with van der Waals surface area (Å²) in [4.78, 5) is 53.3. The van der Waals surface area contributed by atoms with E-state index in [0.717, 1.165) is 95.4 Å². The van der Waals surface area contributed by atoms with Crippen LogP contribution in [-0.2, 0) is 27.1 Å². The fourth-order valence-corrected chi connectivity index (χ4v) is 14.6. The molecule has 4 fully saturated rings. The smallest absolute Gasteiger partial charge is 0.409 e. The van der Waals surface area contributed by atoms with Gasteiger partial charge in [0.25, 0.3) is 5.69 Å². The van der Waals surface area contributed by atoms with E-state index in [1.54, 1.807) is 58.2 Å². The number of hydrogen-bond acceptors (Lipinski definition) is 16. The summed E-state index contributed by atoms with van der Waals surface area (Å²) in [7, 11) is 6.58. The van der Waals surface area contributed by atoms with Crippen LogP contribution in [0.5, 0.6) is 23.0 Å². The number of nitro benzene ring substituents is 1. The molecule has 8 aromatic rings. The second-order valence-electron chi connectivity index (χ2n) is 26.6. The predicted octanol–water partition coefficient (Wildman–Crippen LogP) is 17.5. The van der Waals surface area contributed by atoms with Gasteiger partial charge in [0.05, 0.1) is 86.0 Å². The van der Waals surface area contributed by atoms with Crippen LogP contribution in [-0.4, -0.2) is 120 Å². The molecule has 102 heavy (non-hydrogen) atoms. The first-order valence-corrected chi connectivity index (χ1v) is 36.1. The third-order valence-corrected chi connectivity index (χ3v) is 20.0. The standard InChI is InChI=1S/C25H27NO2.C22H33N3O4.C20H18N2O4.C15H24N2O2/c1-27-24-12-11-21(18-25(24)28-22-9-5-6-10-22)23(20-7-3-2-4-8-20)17-19-13-15-26-16-14-19;1-15(24-23-3)22(2)14-25(21(26)28-5)13-18(22)16-10-11-19(27-4)20(12-16)29-17-8-6-7-9-17;1-3-26-20(23)18-13-19(15-8-5-4-6-9-15)21(14(18)2)16-10-7-11-17(12-16)22(24)25;1-4-13-14(15(18)19-5-2)11(3)16-17(13)12-9-7-6-8-10-12/h2-4,7-8,11-16,18,22-23H,5-6,9-10,17H2,1H3;10-12,17-18,23H,6-9,13-14H2,1-5H3;4-13H,3H2,1-2H3;12H,4-10H2,1-3H3/b;24-15+;;/t;18?,22-;;/m.1../s1. The van der Waals surface area contributed by atoms with Crippen molar-refractivity contribution in [2.45, 2.75) is 175 Å². The number of nitro groups is 1. The number of likely N-dealkylation sites (tertiary alicyclic amines) is 1. The number of nitrogens with zero attached hydrogens (tertiary/aromatic N) is 7. The number of aryl methyl sites for hydroxylation is 1. The molecule has 1 aliphatic heterocycles. The van der Waals surface area contributed by atoms with Crippen LogP contribution in [0, 0.1) is 29.4 Å². The molecule has 12 rings (SSSR count). The molecule has 20 nitrogen and oxygen atoms in total. The van der Waals surface area contributed by atoms with E-state index >= 15 is 0 Å². The van der Waals surface area contributed by atoms with Gasteiger partial charge in [-0.1, -0.05) is 112 Å². The molecule has 20 heteroatoms. The lowest BCUT2D eigenvalue weighted by atomic mass is 9.73. The van der Waals surface area contributed by atoms with E-state index < -0.39 is 10.9 Å². The van der Waals surface area contributed by atoms with E-state index in [-0.39, 0.29) is 47.7 Å². The molecule has 4 aliphatic rings. The number of ether oxygens (including phenoxy) is 7. The van der Waals surface area contributed by atoms with E-state index in [0.29, 0.717) is 54.4 Å². The number of non-ortho nitro benzene ring substituents is 1. The number of carbonyl (C=O) groups excluding carboxylic acids is 3. The number of benzene rings is 5. The van der Waals surface area contributed by atoms with Crippen molar-refractivity contribution in [3.63, 3.8) is 0 Å². The second kappa shape index (κ2) is 37.1. The van der Waals surface area contributed by atoms with Crippen LogP contribution in [0.4, 0.5) is 10.5 Å². The fourth-order valence-electron chi connectivity index (χ4n) is 14.6. The Labute approximate surface area is 601 Å². The first kappa shape index (κ1) is 76.2. The largest absolute Gasteiger partial charge is 0.493 e. The van der Waals surface area contributed by atoms with Crippen LogP contribution >= 0.6 is 0 Å². The molecule has 0 bridgehead atoms. The molecule has 1 saturated heterocycles. The summed E-state index contributed by atoms with van der Waals surface area (Å²) in [6.45, 7) is 15.3. The minimum absolute atomic E-state index is 0.00713.